The molecular formula is C22H33Cl2SiZr. The van der Waals surface area contributed by atoms with E-state index in [0.29, 0.717) is 0 Å². The smallest absolute Gasteiger partial charge is 1.00 e. The molecule has 0 atom stereocenters. The fourth-order valence-electron chi connectivity index (χ4n) is 3.68. The Balaban J connectivity index is 0. The monoisotopic (exact) mass is 485 g/mol. The summed E-state index contributed by atoms with van der Waals surface area (Å²) >= 11 is 0. The first-order valence-electron chi connectivity index (χ1n) is 9.64. The summed E-state index contributed by atoms with van der Waals surface area (Å²) in [6.45, 7) is 4.42. The van der Waals surface area contributed by atoms with Crippen molar-refractivity contribution in [3.8, 4) is 0 Å². The Morgan fingerprint density at radius 2 is 1.00 bits per heavy atom. The van der Waals surface area contributed by atoms with Crippen molar-refractivity contribution < 1.29 is 51.0 Å². The van der Waals surface area contributed by atoms with Crippen LogP contribution in [0.25, 0.3) is 0 Å². The topological polar surface area (TPSA) is 0 Å². The van der Waals surface area contributed by atoms with Crippen LogP contribution in [0, 0.1) is 12.2 Å². The van der Waals surface area contributed by atoms with Crippen molar-refractivity contribution >= 4 is 9.52 Å². The quantitative estimate of drug-likeness (QED) is 0.346. The third-order valence-corrected chi connectivity index (χ3v) is 4.94. The average Bonchev–Trinajstić information content (AvgIpc) is 3.06. The Morgan fingerprint density at radius 3 is 1.38 bits per heavy atom. The minimum Gasteiger partial charge on any atom is -1.00 e. The molecule has 4 aliphatic rings. The summed E-state index contributed by atoms with van der Waals surface area (Å²) in [7, 11) is 0.750. The maximum absolute atomic E-state index is 3.29. The van der Waals surface area contributed by atoms with Crippen LogP contribution in [0.1, 0.15) is 77.0 Å². The maximum atomic E-state index is 3.29. The van der Waals surface area contributed by atoms with Gasteiger partial charge < -0.3 is 24.8 Å². The molecule has 0 aromatic rings. The van der Waals surface area contributed by atoms with Gasteiger partial charge in [-0.15, -0.1) is 12.8 Å². The van der Waals surface area contributed by atoms with Crippen LogP contribution in [0.2, 0.25) is 13.1 Å². The molecule has 0 bridgehead atoms. The molecule has 1 radical (unpaired) electrons. The number of rotatable bonds is 0. The summed E-state index contributed by atoms with van der Waals surface area (Å²) in [5.74, 6) is 0. The Labute approximate surface area is 196 Å². The largest absolute Gasteiger partial charge is 4.00 e. The van der Waals surface area contributed by atoms with Crippen LogP contribution in [0.3, 0.4) is 0 Å². The summed E-state index contributed by atoms with van der Waals surface area (Å²) in [6, 6.07) is 0. The normalized spacial score (nSPS) is 19.8. The number of halogens is 2. The van der Waals surface area contributed by atoms with Crippen molar-refractivity contribution in [2.24, 2.45) is 0 Å². The number of hydrogen-bond acceptors (Lipinski definition) is 0. The maximum Gasteiger partial charge on any atom is 4.00 e. The van der Waals surface area contributed by atoms with Gasteiger partial charge in [0, 0.05) is 9.52 Å². The van der Waals surface area contributed by atoms with Gasteiger partial charge in [0.25, 0.3) is 0 Å². The molecule has 0 aromatic heterocycles. The van der Waals surface area contributed by atoms with Gasteiger partial charge in [-0.25, -0.2) is 12.2 Å². The van der Waals surface area contributed by atoms with E-state index in [1.165, 1.54) is 64.2 Å². The third-order valence-electron chi connectivity index (χ3n) is 4.94. The molecule has 0 fully saturated rings. The first-order valence-corrected chi connectivity index (χ1v) is 11.9. The van der Waals surface area contributed by atoms with Gasteiger partial charge in [-0.2, -0.15) is 22.3 Å². The van der Waals surface area contributed by atoms with E-state index in [0.717, 1.165) is 22.4 Å². The summed E-state index contributed by atoms with van der Waals surface area (Å²) < 4.78 is 0. The standard InChI is InChI=1S/2C10H13.C2H7Si.2ClH.Zr/c2*1-2-5-9-7-4-8-10(9)6-3-1;1-3-2;;;/h2*7H,1-3,5-6,8H2;3H,1-2H3;2*1H;/q2*-1;;;;+4/p-2. The average molecular weight is 488 g/mol. The summed E-state index contributed by atoms with van der Waals surface area (Å²) in [5, 5.41) is 0. The molecule has 0 saturated carbocycles. The van der Waals surface area contributed by atoms with E-state index in [2.05, 4.69) is 37.4 Å². The van der Waals surface area contributed by atoms with Crippen molar-refractivity contribution in [1.29, 1.82) is 0 Å². The van der Waals surface area contributed by atoms with Crippen molar-refractivity contribution in [3.63, 3.8) is 0 Å². The number of hydrogen-bond donors (Lipinski definition) is 0. The molecule has 4 aliphatic carbocycles. The van der Waals surface area contributed by atoms with Gasteiger partial charge in [0.1, 0.15) is 0 Å². The molecule has 0 nitrogen and oxygen atoms in total. The minimum absolute atomic E-state index is 0. The van der Waals surface area contributed by atoms with Crippen molar-refractivity contribution in [3.05, 3.63) is 46.6 Å². The molecule has 4 rings (SSSR count). The van der Waals surface area contributed by atoms with Crippen LogP contribution in [-0.2, 0) is 26.2 Å². The Morgan fingerprint density at radius 1 is 0.654 bits per heavy atom. The molecule has 0 unspecified atom stereocenters. The third kappa shape index (κ3) is 10.3. The predicted molar refractivity (Wildman–Crippen MR) is 104 cm³/mol. The van der Waals surface area contributed by atoms with Crippen LogP contribution in [-0.4, -0.2) is 9.52 Å². The van der Waals surface area contributed by atoms with E-state index in [4.69, 9.17) is 0 Å². The van der Waals surface area contributed by atoms with Gasteiger partial charge in [-0.1, -0.05) is 64.5 Å². The first kappa shape index (κ1) is 28.8. The minimum atomic E-state index is 0. The van der Waals surface area contributed by atoms with Crippen LogP contribution < -0.4 is 24.8 Å². The van der Waals surface area contributed by atoms with Gasteiger partial charge >= 0.3 is 26.2 Å². The van der Waals surface area contributed by atoms with Crippen LogP contribution >= 0.6 is 0 Å². The van der Waals surface area contributed by atoms with Gasteiger partial charge in [0.2, 0.25) is 0 Å². The van der Waals surface area contributed by atoms with Crippen molar-refractivity contribution in [2.75, 3.05) is 0 Å². The van der Waals surface area contributed by atoms with E-state index in [1.54, 1.807) is 22.3 Å². The predicted octanol–water partition coefficient (Wildman–Crippen LogP) is 0.545. The van der Waals surface area contributed by atoms with E-state index in [-0.39, 0.29) is 51.0 Å². The zero-order chi connectivity index (χ0) is 16.3. The molecule has 0 N–H and O–H groups in total. The van der Waals surface area contributed by atoms with Crippen LogP contribution in [0.4, 0.5) is 0 Å². The second-order valence-corrected chi connectivity index (χ2v) is 8.16. The summed E-state index contributed by atoms with van der Waals surface area (Å²) in [5.41, 5.74) is 6.57. The molecule has 0 heterocycles. The van der Waals surface area contributed by atoms with Crippen LogP contribution in [0.15, 0.2) is 34.4 Å². The van der Waals surface area contributed by atoms with Gasteiger partial charge in [0.15, 0.2) is 0 Å². The second kappa shape index (κ2) is 17.7. The molecule has 4 heteroatoms. The zero-order valence-electron chi connectivity index (χ0n) is 16.5. The molecule has 26 heavy (non-hydrogen) atoms. The Kier molecular flexibility index (Phi) is 19.7. The molecular weight excluding hydrogens is 454 g/mol. The fourth-order valence-corrected chi connectivity index (χ4v) is 3.68. The van der Waals surface area contributed by atoms with Gasteiger partial charge in [-0.3, -0.25) is 12.2 Å². The fraction of sp³-hybridized carbons (Fsp3) is 0.636. The Hall–Kier alpha value is 0.640. The van der Waals surface area contributed by atoms with Crippen molar-refractivity contribution in [1.82, 2.24) is 0 Å². The van der Waals surface area contributed by atoms with E-state index in [9.17, 15) is 0 Å². The molecule has 0 spiro atoms. The molecule has 0 aliphatic heterocycles. The Bertz CT molecular complexity index is 448. The van der Waals surface area contributed by atoms with Crippen LogP contribution in [0.5, 0.6) is 0 Å². The second-order valence-electron chi connectivity index (χ2n) is 7.01. The van der Waals surface area contributed by atoms with Crippen molar-refractivity contribution in [2.45, 2.75) is 90.1 Å². The number of allylic oxidation sites excluding steroid dienone is 8. The van der Waals surface area contributed by atoms with Gasteiger partial charge in [-0.05, 0) is 12.8 Å². The van der Waals surface area contributed by atoms with Gasteiger partial charge in [0.05, 0.1) is 0 Å². The first-order chi connectivity index (χ1) is 11.3. The summed E-state index contributed by atoms with van der Waals surface area (Å²) in [6.07, 6.45) is 27.1. The summed E-state index contributed by atoms with van der Waals surface area (Å²) in [4.78, 5) is 0. The molecule has 0 amide bonds. The SMILES string of the molecule is C[SiH]C.[C-]1=CC2=C(C1)CCCCC2.[C-]1=CC2=C(C1)CCCCC2.[Cl-].[Cl-].[Zr+4]. The molecule has 0 aromatic carbocycles. The molecule has 143 valence electrons. The zero-order valence-corrected chi connectivity index (χ0v) is 21.6. The van der Waals surface area contributed by atoms with E-state index >= 15 is 0 Å². The van der Waals surface area contributed by atoms with E-state index < -0.39 is 0 Å². The molecule has 0 saturated heterocycles. The van der Waals surface area contributed by atoms with E-state index in [1.807, 2.05) is 0 Å².